The molecule has 2 aliphatic carbocycles. The van der Waals surface area contributed by atoms with E-state index >= 15 is 0 Å². The molecule has 0 saturated carbocycles. The zero-order valence-corrected chi connectivity index (χ0v) is 19.2. The van der Waals surface area contributed by atoms with Crippen molar-refractivity contribution in [2.45, 2.75) is 65.8 Å². The lowest BCUT2D eigenvalue weighted by atomic mass is 9.59. The van der Waals surface area contributed by atoms with Crippen LogP contribution < -0.4 is 0 Å². The zero-order chi connectivity index (χ0) is 23.3. The van der Waals surface area contributed by atoms with Crippen LogP contribution in [0.25, 0.3) is 0 Å². The summed E-state index contributed by atoms with van der Waals surface area (Å²) in [5, 5.41) is 19.5. The van der Waals surface area contributed by atoms with Crippen LogP contribution in [0.2, 0.25) is 0 Å². The van der Waals surface area contributed by atoms with Gasteiger partial charge in [-0.1, -0.05) is 56.4 Å². The molecule has 0 aliphatic heterocycles. The standard InChI is InChI=1S/C26H36O5/c1-16(2)21-15-26(6)19(5)24(13-12-20(26)14-23(21)29)31-25(30)18(4)22(28)11-9-7-8-10-17(3)27/h7-9,11-14,17-19,21-22,24,27-28H,1,10,15H2,2-6H3/b8-7+,11-9+/t17?,18?,19-,21-,22?,24+,26+/m0/s1. The second-order valence-corrected chi connectivity index (χ2v) is 9.25. The number of rotatable bonds is 8. The molecule has 0 bridgehead atoms. The molecule has 0 amide bonds. The van der Waals surface area contributed by atoms with Crippen LogP contribution in [0.5, 0.6) is 0 Å². The Labute approximate surface area is 185 Å². The summed E-state index contributed by atoms with van der Waals surface area (Å²) < 4.78 is 5.78. The molecular formula is C26H36O5. The lowest BCUT2D eigenvalue weighted by molar-refractivity contribution is -0.158. The summed E-state index contributed by atoms with van der Waals surface area (Å²) in [7, 11) is 0. The van der Waals surface area contributed by atoms with Crippen LogP contribution in [0, 0.1) is 23.2 Å². The fourth-order valence-corrected chi connectivity index (χ4v) is 4.11. The summed E-state index contributed by atoms with van der Waals surface area (Å²) in [4.78, 5) is 25.1. The van der Waals surface area contributed by atoms with Gasteiger partial charge in [-0.2, -0.15) is 0 Å². The monoisotopic (exact) mass is 428 g/mol. The molecule has 0 aromatic rings. The van der Waals surface area contributed by atoms with Crippen molar-refractivity contribution in [1.82, 2.24) is 0 Å². The summed E-state index contributed by atoms with van der Waals surface area (Å²) in [6.07, 6.45) is 11.5. The Hall–Kier alpha value is -2.24. The van der Waals surface area contributed by atoms with Gasteiger partial charge in [0.1, 0.15) is 6.10 Å². The number of ether oxygens (including phenoxy) is 1. The highest BCUT2D eigenvalue weighted by molar-refractivity contribution is 5.96. The van der Waals surface area contributed by atoms with Crippen molar-refractivity contribution in [2.75, 3.05) is 0 Å². The van der Waals surface area contributed by atoms with Crippen molar-refractivity contribution in [1.29, 1.82) is 0 Å². The Morgan fingerprint density at radius 3 is 2.65 bits per heavy atom. The van der Waals surface area contributed by atoms with Gasteiger partial charge in [-0.3, -0.25) is 9.59 Å². The molecule has 7 atom stereocenters. The summed E-state index contributed by atoms with van der Waals surface area (Å²) in [5.41, 5.74) is 1.52. The third-order valence-corrected chi connectivity index (χ3v) is 6.66. The Balaban J connectivity index is 2.05. The fourth-order valence-electron chi connectivity index (χ4n) is 4.11. The quantitative estimate of drug-likeness (QED) is 0.346. The van der Waals surface area contributed by atoms with E-state index < -0.39 is 30.2 Å². The first-order chi connectivity index (χ1) is 14.5. The van der Waals surface area contributed by atoms with E-state index in [9.17, 15) is 19.8 Å². The van der Waals surface area contributed by atoms with Crippen LogP contribution in [0.1, 0.15) is 47.5 Å². The van der Waals surface area contributed by atoms with Gasteiger partial charge < -0.3 is 14.9 Å². The van der Waals surface area contributed by atoms with Crippen molar-refractivity contribution in [2.24, 2.45) is 23.2 Å². The molecular weight excluding hydrogens is 392 g/mol. The maximum absolute atomic E-state index is 12.7. The second-order valence-electron chi connectivity index (χ2n) is 9.25. The van der Waals surface area contributed by atoms with E-state index in [1.165, 1.54) is 6.08 Å². The third kappa shape index (κ3) is 5.92. The summed E-state index contributed by atoms with van der Waals surface area (Å²) in [6, 6.07) is 0. The molecule has 170 valence electrons. The molecule has 0 radical (unpaired) electrons. The minimum atomic E-state index is -0.974. The van der Waals surface area contributed by atoms with Gasteiger partial charge in [-0.05, 0) is 51.3 Å². The lowest BCUT2D eigenvalue weighted by Crippen LogP contribution is -2.45. The molecule has 2 aliphatic rings. The molecule has 5 heteroatoms. The summed E-state index contributed by atoms with van der Waals surface area (Å²) in [5.74, 6) is -1.34. The van der Waals surface area contributed by atoms with E-state index in [4.69, 9.17) is 4.74 Å². The van der Waals surface area contributed by atoms with E-state index in [1.54, 1.807) is 38.2 Å². The SMILES string of the molecule is C=C(C)[C@@H]1C[C@@]2(C)C(=CC1=O)C=C[C@@H](OC(=O)C(C)C(O)/C=C/C=C/CC(C)O)[C@@H]2C. The molecule has 2 rings (SSSR count). The van der Waals surface area contributed by atoms with Gasteiger partial charge in [0.25, 0.3) is 0 Å². The summed E-state index contributed by atoms with van der Waals surface area (Å²) in [6.45, 7) is 13.3. The number of carbonyl (C=O) groups is 2. The highest BCUT2D eigenvalue weighted by Crippen LogP contribution is 2.50. The van der Waals surface area contributed by atoms with Gasteiger partial charge in [0.2, 0.25) is 0 Å². The number of hydrogen-bond donors (Lipinski definition) is 2. The van der Waals surface area contributed by atoms with Gasteiger partial charge >= 0.3 is 5.97 Å². The molecule has 0 aromatic carbocycles. The van der Waals surface area contributed by atoms with Gasteiger partial charge in [-0.25, -0.2) is 0 Å². The molecule has 0 spiro atoms. The predicted octanol–water partition coefficient (Wildman–Crippen LogP) is 4.08. The predicted molar refractivity (Wildman–Crippen MR) is 122 cm³/mol. The average molecular weight is 429 g/mol. The van der Waals surface area contributed by atoms with E-state index in [1.807, 2.05) is 26.0 Å². The van der Waals surface area contributed by atoms with Gasteiger partial charge in [0.05, 0.1) is 18.1 Å². The number of aliphatic hydroxyl groups is 2. The number of esters is 1. The Morgan fingerprint density at radius 2 is 2.03 bits per heavy atom. The number of allylic oxidation sites excluding steroid dienone is 6. The third-order valence-electron chi connectivity index (χ3n) is 6.66. The Morgan fingerprint density at radius 1 is 1.35 bits per heavy atom. The van der Waals surface area contributed by atoms with Crippen LogP contribution in [-0.2, 0) is 14.3 Å². The first-order valence-corrected chi connectivity index (χ1v) is 11.0. The Bertz CT molecular complexity index is 816. The number of ketones is 1. The number of hydrogen-bond acceptors (Lipinski definition) is 5. The molecule has 0 saturated heterocycles. The van der Waals surface area contributed by atoms with E-state index in [0.29, 0.717) is 12.8 Å². The zero-order valence-electron chi connectivity index (χ0n) is 19.2. The molecule has 2 N–H and O–H groups in total. The molecule has 0 fully saturated rings. The van der Waals surface area contributed by atoms with Crippen molar-refractivity contribution in [3.63, 3.8) is 0 Å². The lowest BCUT2D eigenvalue weighted by Gasteiger charge is -2.46. The van der Waals surface area contributed by atoms with Crippen molar-refractivity contribution >= 4 is 11.8 Å². The molecule has 0 aromatic heterocycles. The molecule has 31 heavy (non-hydrogen) atoms. The van der Waals surface area contributed by atoms with E-state index in [0.717, 1.165) is 11.1 Å². The number of carbonyl (C=O) groups excluding carboxylic acids is 2. The van der Waals surface area contributed by atoms with Crippen LogP contribution >= 0.6 is 0 Å². The van der Waals surface area contributed by atoms with Crippen LogP contribution in [-0.4, -0.2) is 40.3 Å². The maximum Gasteiger partial charge on any atom is 0.312 e. The van der Waals surface area contributed by atoms with Crippen molar-refractivity contribution < 1.29 is 24.5 Å². The second kappa shape index (κ2) is 10.4. The van der Waals surface area contributed by atoms with E-state index in [-0.39, 0.29) is 23.0 Å². The van der Waals surface area contributed by atoms with Crippen LogP contribution in [0.4, 0.5) is 0 Å². The Kier molecular flexibility index (Phi) is 8.38. The first kappa shape index (κ1) is 25.0. The minimum absolute atomic E-state index is 0.0223. The topological polar surface area (TPSA) is 83.8 Å². The van der Waals surface area contributed by atoms with E-state index in [2.05, 4.69) is 13.5 Å². The van der Waals surface area contributed by atoms with Crippen LogP contribution in [0.3, 0.4) is 0 Å². The van der Waals surface area contributed by atoms with Crippen molar-refractivity contribution in [3.05, 3.63) is 60.3 Å². The van der Waals surface area contributed by atoms with Gasteiger partial charge in [0, 0.05) is 17.3 Å². The van der Waals surface area contributed by atoms with Crippen LogP contribution in [0.15, 0.2) is 60.3 Å². The van der Waals surface area contributed by atoms with Gasteiger partial charge in [0.15, 0.2) is 5.78 Å². The van der Waals surface area contributed by atoms with Crippen molar-refractivity contribution in [3.8, 4) is 0 Å². The summed E-state index contributed by atoms with van der Waals surface area (Å²) >= 11 is 0. The number of aliphatic hydroxyl groups excluding tert-OH is 2. The largest absolute Gasteiger partial charge is 0.458 e. The highest BCUT2D eigenvalue weighted by atomic mass is 16.5. The highest BCUT2D eigenvalue weighted by Gasteiger charge is 2.47. The smallest absolute Gasteiger partial charge is 0.312 e. The number of fused-ring (bicyclic) bond motifs is 1. The fraction of sp³-hybridized carbons (Fsp3) is 0.538. The minimum Gasteiger partial charge on any atom is -0.458 e. The molecule has 0 heterocycles. The molecule has 3 unspecified atom stereocenters. The molecule has 5 nitrogen and oxygen atoms in total. The average Bonchev–Trinajstić information content (AvgIpc) is 2.70. The normalized spacial score (nSPS) is 31.3. The maximum atomic E-state index is 12.7. The first-order valence-electron chi connectivity index (χ1n) is 11.0. The van der Waals surface area contributed by atoms with Gasteiger partial charge in [-0.15, -0.1) is 0 Å².